The topological polar surface area (TPSA) is 125 Å². The Bertz CT molecular complexity index is 1000. The quantitative estimate of drug-likeness (QED) is 0.650. The van der Waals surface area contributed by atoms with Gasteiger partial charge in [-0.05, 0) is 19.9 Å². The number of H-pyrrole nitrogens is 1. The molecule has 4 rings (SSSR count). The normalized spacial score (nSPS) is 16.9. The van der Waals surface area contributed by atoms with Crippen LogP contribution < -0.4 is 5.32 Å². The molecule has 9 heteroatoms. The summed E-state index contributed by atoms with van der Waals surface area (Å²) in [6.45, 7) is 3.78. The smallest absolute Gasteiger partial charge is 0.354 e. The summed E-state index contributed by atoms with van der Waals surface area (Å²) >= 11 is 0. The molecule has 4 heterocycles. The highest BCUT2D eigenvalue weighted by atomic mass is 16.4. The number of aromatic carboxylic acids is 1. The Morgan fingerprint density at radius 2 is 2.21 bits per heavy atom. The van der Waals surface area contributed by atoms with E-state index in [0.29, 0.717) is 22.6 Å². The average molecular weight is 326 g/mol. The number of amides is 1. The molecule has 0 radical (unpaired) electrons. The standard InChI is InChI=1S/C15H14N6O3/c1-6-3-7(2)21-14(17-6)11-8(4-10(22)18-13(11)20-21)9-5-16-19-12(9)15(23)24/h3,5,8H,4H2,1-2H3,(H,16,19)(H,23,24)(H,18,20,22)/t8-/m0/s1. The minimum absolute atomic E-state index is 0.0237. The minimum atomic E-state index is -1.12. The molecule has 122 valence electrons. The van der Waals surface area contributed by atoms with Crippen molar-refractivity contribution < 1.29 is 14.7 Å². The maximum Gasteiger partial charge on any atom is 0.354 e. The third kappa shape index (κ3) is 1.98. The van der Waals surface area contributed by atoms with Gasteiger partial charge in [0.15, 0.2) is 11.5 Å². The van der Waals surface area contributed by atoms with Crippen LogP contribution in [0.4, 0.5) is 5.82 Å². The molecule has 1 amide bonds. The summed E-state index contributed by atoms with van der Waals surface area (Å²) < 4.78 is 1.66. The fraction of sp³-hybridized carbons (Fsp3) is 0.267. The van der Waals surface area contributed by atoms with E-state index in [9.17, 15) is 14.7 Å². The Labute approximate surface area is 135 Å². The number of nitrogens with one attached hydrogen (secondary N) is 2. The molecule has 1 aliphatic heterocycles. The molecular formula is C15H14N6O3. The molecule has 1 atom stereocenters. The number of nitrogens with zero attached hydrogens (tertiary/aromatic N) is 4. The van der Waals surface area contributed by atoms with E-state index in [1.54, 1.807) is 4.52 Å². The van der Waals surface area contributed by atoms with Crippen LogP contribution in [0.1, 0.15) is 45.3 Å². The number of fused-ring (bicyclic) bond motifs is 3. The Morgan fingerprint density at radius 1 is 1.42 bits per heavy atom. The Morgan fingerprint density at radius 3 is 2.96 bits per heavy atom. The summed E-state index contributed by atoms with van der Waals surface area (Å²) in [5.41, 5.74) is 3.46. The Kier molecular flexibility index (Phi) is 2.92. The zero-order chi connectivity index (χ0) is 17.0. The fourth-order valence-corrected chi connectivity index (χ4v) is 3.22. The highest BCUT2D eigenvalue weighted by molar-refractivity contribution is 5.97. The first-order chi connectivity index (χ1) is 11.5. The van der Waals surface area contributed by atoms with Crippen molar-refractivity contribution in [2.45, 2.75) is 26.2 Å². The third-order valence-corrected chi connectivity index (χ3v) is 4.18. The maximum atomic E-state index is 12.1. The molecule has 3 aromatic rings. The molecule has 0 saturated heterocycles. The monoisotopic (exact) mass is 326 g/mol. The third-order valence-electron chi connectivity index (χ3n) is 4.18. The average Bonchev–Trinajstić information content (AvgIpc) is 3.11. The van der Waals surface area contributed by atoms with E-state index in [1.807, 2.05) is 19.9 Å². The lowest BCUT2D eigenvalue weighted by molar-refractivity contribution is -0.116. The number of carboxylic acids is 1. The molecule has 3 aromatic heterocycles. The summed E-state index contributed by atoms with van der Waals surface area (Å²) in [5, 5.41) is 22.8. The molecule has 0 spiro atoms. The summed E-state index contributed by atoms with van der Waals surface area (Å²) in [7, 11) is 0. The van der Waals surface area contributed by atoms with Gasteiger partial charge in [-0.1, -0.05) is 0 Å². The fourth-order valence-electron chi connectivity index (χ4n) is 3.22. The molecule has 0 unspecified atom stereocenters. The summed E-state index contributed by atoms with van der Waals surface area (Å²) in [6, 6.07) is 1.89. The van der Waals surface area contributed by atoms with Crippen LogP contribution in [0.5, 0.6) is 0 Å². The van der Waals surface area contributed by atoms with Crippen LogP contribution >= 0.6 is 0 Å². The Balaban J connectivity index is 2.01. The lowest BCUT2D eigenvalue weighted by Gasteiger charge is -2.21. The van der Waals surface area contributed by atoms with Crippen molar-refractivity contribution in [1.82, 2.24) is 24.8 Å². The first-order valence-electron chi connectivity index (χ1n) is 7.39. The second-order valence-electron chi connectivity index (χ2n) is 5.85. The van der Waals surface area contributed by atoms with Crippen molar-refractivity contribution in [2.24, 2.45) is 0 Å². The first-order valence-corrected chi connectivity index (χ1v) is 7.39. The molecule has 9 nitrogen and oxygen atoms in total. The van der Waals surface area contributed by atoms with Gasteiger partial charge in [-0.2, -0.15) is 5.10 Å². The molecule has 0 aromatic carbocycles. The van der Waals surface area contributed by atoms with Gasteiger partial charge in [-0.15, -0.1) is 5.10 Å². The van der Waals surface area contributed by atoms with E-state index < -0.39 is 11.9 Å². The van der Waals surface area contributed by atoms with Gasteiger partial charge in [-0.3, -0.25) is 9.89 Å². The van der Waals surface area contributed by atoms with Crippen molar-refractivity contribution in [1.29, 1.82) is 0 Å². The zero-order valence-corrected chi connectivity index (χ0v) is 13.0. The van der Waals surface area contributed by atoms with Crippen molar-refractivity contribution >= 4 is 23.3 Å². The highest BCUT2D eigenvalue weighted by Crippen LogP contribution is 2.39. The molecule has 0 aliphatic carbocycles. The predicted octanol–water partition coefficient (Wildman–Crippen LogP) is 1.24. The molecule has 24 heavy (non-hydrogen) atoms. The van der Waals surface area contributed by atoms with Gasteiger partial charge in [0, 0.05) is 34.9 Å². The number of rotatable bonds is 2. The van der Waals surface area contributed by atoms with Crippen LogP contribution in [0, 0.1) is 13.8 Å². The molecule has 0 saturated carbocycles. The predicted molar refractivity (Wildman–Crippen MR) is 83.1 cm³/mol. The molecule has 0 bridgehead atoms. The van der Waals surface area contributed by atoms with Crippen molar-refractivity contribution in [2.75, 3.05) is 5.32 Å². The number of hydrogen-bond acceptors (Lipinski definition) is 5. The van der Waals surface area contributed by atoms with E-state index in [1.165, 1.54) is 6.20 Å². The van der Waals surface area contributed by atoms with Gasteiger partial charge in [0.05, 0.1) is 6.20 Å². The number of aromatic nitrogens is 5. The number of carbonyl (C=O) groups is 2. The summed E-state index contributed by atoms with van der Waals surface area (Å²) in [5.74, 6) is -1.39. The molecular weight excluding hydrogens is 312 g/mol. The van der Waals surface area contributed by atoms with Crippen molar-refractivity contribution in [3.05, 3.63) is 40.5 Å². The van der Waals surface area contributed by atoms with Gasteiger partial charge in [0.2, 0.25) is 5.91 Å². The van der Waals surface area contributed by atoms with E-state index in [2.05, 4.69) is 25.6 Å². The van der Waals surface area contributed by atoms with Crippen molar-refractivity contribution in [3.63, 3.8) is 0 Å². The van der Waals surface area contributed by atoms with Crippen LogP contribution in [0.25, 0.3) is 5.65 Å². The van der Waals surface area contributed by atoms with Crippen LogP contribution in [0.2, 0.25) is 0 Å². The number of carboxylic acid groups (broad SMARTS) is 1. The lowest BCUT2D eigenvalue weighted by atomic mass is 9.87. The highest BCUT2D eigenvalue weighted by Gasteiger charge is 2.35. The molecule has 3 N–H and O–H groups in total. The van der Waals surface area contributed by atoms with Gasteiger partial charge in [0.1, 0.15) is 5.69 Å². The number of aryl methyl sites for hydroxylation is 2. The number of aromatic amines is 1. The lowest BCUT2D eigenvalue weighted by Crippen LogP contribution is -2.24. The largest absolute Gasteiger partial charge is 0.477 e. The summed E-state index contributed by atoms with van der Waals surface area (Å²) in [4.78, 5) is 28.0. The van der Waals surface area contributed by atoms with Gasteiger partial charge >= 0.3 is 5.97 Å². The number of anilines is 1. The minimum Gasteiger partial charge on any atom is -0.477 e. The van der Waals surface area contributed by atoms with Crippen molar-refractivity contribution in [3.8, 4) is 0 Å². The summed E-state index contributed by atoms with van der Waals surface area (Å²) in [6.07, 6.45) is 1.56. The van der Waals surface area contributed by atoms with Gasteiger partial charge < -0.3 is 10.4 Å². The van der Waals surface area contributed by atoms with Gasteiger partial charge in [0.25, 0.3) is 0 Å². The van der Waals surface area contributed by atoms with E-state index in [4.69, 9.17) is 0 Å². The van der Waals surface area contributed by atoms with Crippen LogP contribution in [-0.4, -0.2) is 41.8 Å². The second-order valence-corrected chi connectivity index (χ2v) is 5.85. The molecule has 0 fully saturated rings. The van der Waals surface area contributed by atoms with E-state index in [0.717, 1.165) is 11.4 Å². The van der Waals surface area contributed by atoms with Crippen LogP contribution in [0.15, 0.2) is 12.3 Å². The second kappa shape index (κ2) is 4.88. The SMILES string of the molecule is Cc1cc(C)n2nc3c(c2n1)[C@H](c1cn[nH]c1C(=O)O)CC(=O)N3. The van der Waals surface area contributed by atoms with Crippen LogP contribution in [0.3, 0.4) is 0 Å². The van der Waals surface area contributed by atoms with E-state index >= 15 is 0 Å². The number of carbonyl (C=O) groups excluding carboxylic acids is 1. The van der Waals surface area contributed by atoms with Crippen LogP contribution in [-0.2, 0) is 4.79 Å². The van der Waals surface area contributed by atoms with E-state index in [-0.39, 0.29) is 18.0 Å². The maximum absolute atomic E-state index is 12.1. The van der Waals surface area contributed by atoms with Gasteiger partial charge in [-0.25, -0.2) is 14.3 Å². The first kappa shape index (κ1) is 14.4. The zero-order valence-electron chi connectivity index (χ0n) is 13.0. The Hall–Kier alpha value is -3.23. The number of hydrogen-bond donors (Lipinski definition) is 3. The molecule has 1 aliphatic rings.